The van der Waals surface area contributed by atoms with Crippen LogP contribution in [0.2, 0.25) is 0 Å². The van der Waals surface area contributed by atoms with E-state index in [2.05, 4.69) is 57.2 Å². The molecule has 248 valence electrons. The number of rotatable bonds is 29. The molecular weight excluding hydrogens is 540 g/mol. The Hall–Kier alpha value is -1.92. The first kappa shape index (κ1) is 39.1. The van der Waals surface area contributed by atoms with Crippen LogP contribution in [0, 0.1) is 5.92 Å². The molecule has 1 saturated heterocycles. The van der Waals surface area contributed by atoms with E-state index in [4.69, 9.17) is 14.2 Å². The number of hydrogen-bond donors (Lipinski definition) is 1. The molecule has 43 heavy (non-hydrogen) atoms. The summed E-state index contributed by atoms with van der Waals surface area (Å²) in [6.45, 7) is 6.50. The molecule has 1 rings (SSSR count). The van der Waals surface area contributed by atoms with E-state index in [1.165, 1.54) is 64.2 Å². The molecular formula is C37H64O6. The maximum absolute atomic E-state index is 11.9. The van der Waals surface area contributed by atoms with Crippen LogP contribution in [0.4, 0.5) is 0 Å². The van der Waals surface area contributed by atoms with Gasteiger partial charge in [0.1, 0.15) is 19.3 Å². The summed E-state index contributed by atoms with van der Waals surface area (Å²) in [5, 5.41) is 9.97. The van der Waals surface area contributed by atoms with E-state index in [-0.39, 0.29) is 25.2 Å². The van der Waals surface area contributed by atoms with Gasteiger partial charge in [-0.05, 0) is 57.3 Å². The Morgan fingerprint density at radius 2 is 1.19 bits per heavy atom. The number of esters is 2. The number of unbranched alkanes of at least 4 members (excludes halogenated alkanes) is 11. The van der Waals surface area contributed by atoms with E-state index in [0.717, 1.165) is 50.9 Å². The van der Waals surface area contributed by atoms with Gasteiger partial charge in [-0.15, -0.1) is 0 Å². The predicted molar refractivity (Wildman–Crippen MR) is 177 cm³/mol. The first-order valence-corrected chi connectivity index (χ1v) is 17.5. The van der Waals surface area contributed by atoms with Crippen molar-refractivity contribution in [2.24, 2.45) is 5.92 Å². The molecule has 1 N–H and O–H groups in total. The van der Waals surface area contributed by atoms with Crippen LogP contribution in [0.15, 0.2) is 36.5 Å². The van der Waals surface area contributed by atoms with Crippen LogP contribution in [0.3, 0.4) is 0 Å². The van der Waals surface area contributed by atoms with Gasteiger partial charge in [-0.2, -0.15) is 0 Å². The zero-order valence-electron chi connectivity index (χ0n) is 27.8. The van der Waals surface area contributed by atoms with Crippen LogP contribution in [-0.4, -0.2) is 48.6 Å². The van der Waals surface area contributed by atoms with Crippen molar-refractivity contribution < 1.29 is 28.9 Å². The fraction of sp³-hybridized carbons (Fsp3) is 0.784. The minimum atomic E-state index is -0.989. The summed E-state index contributed by atoms with van der Waals surface area (Å²) in [5.41, 5.74) is 0. The quantitative estimate of drug-likeness (QED) is 0.0396. The molecule has 2 unspecified atom stereocenters. The van der Waals surface area contributed by atoms with Crippen molar-refractivity contribution >= 4 is 11.9 Å². The number of carbonyl (C=O) groups is 2. The molecule has 0 bridgehead atoms. The van der Waals surface area contributed by atoms with Gasteiger partial charge in [0.05, 0.1) is 12.2 Å². The van der Waals surface area contributed by atoms with E-state index in [1.54, 1.807) is 0 Å². The third-order valence-corrected chi connectivity index (χ3v) is 7.71. The normalized spacial score (nSPS) is 17.4. The summed E-state index contributed by atoms with van der Waals surface area (Å²) in [4.78, 5) is 23.8. The highest BCUT2D eigenvalue weighted by molar-refractivity contribution is 5.69. The number of aliphatic hydroxyl groups excluding tert-OH is 1. The zero-order valence-corrected chi connectivity index (χ0v) is 27.8. The minimum absolute atomic E-state index is 0.137. The van der Waals surface area contributed by atoms with Crippen molar-refractivity contribution in [3.63, 3.8) is 0 Å². The molecule has 0 radical (unpaired) electrons. The van der Waals surface area contributed by atoms with Crippen molar-refractivity contribution in [1.29, 1.82) is 0 Å². The van der Waals surface area contributed by atoms with Crippen molar-refractivity contribution in [2.45, 2.75) is 167 Å². The lowest BCUT2D eigenvalue weighted by Crippen LogP contribution is -2.25. The van der Waals surface area contributed by atoms with Crippen LogP contribution in [0.5, 0.6) is 0 Å². The number of allylic oxidation sites excluding steroid dienone is 4. The predicted octanol–water partition coefficient (Wildman–Crippen LogP) is 9.35. The lowest BCUT2D eigenvalue weighted by molar-refractivity contribution is -0.152. The molecule has 0 aromatic carbocycles. The molecule has 6 nitrogen and oxygen atoms in total. The van der Waals surface area contributed by atoms with Gasteiger partial charge in [-0.25, -0.2) is 0 Å². The average molecular weight is 605 g/mol. The summed E-state index contributed by atoms with van der Waals surface area (Å²) in [6.07, 6.45) is 33.7. The van der Waals surface area contributed by atoms with Crippen LogP contribution in [0.1, 0.15) is 149 Å². The molecule has 1 heterocycles. The fourth-order valence-electron chi connectivity index (χ4n) is 4.89. The third-order valence-electron chi connectivity index (χ3n) is 7.71. The second kappa shape index (κ2) is 27.6. The van der Waals surface area contributed by atoms with Crippen LogP contribution >= 0.6 is 0 Å². The summed E-state index contributed by atoms with van der Waals surface area (Å²) >= 11 is 0. The van der Waals surface area contributed by atoms with Gasteiger partial charge < -0.3 is 19.3 Å². The maximum atomic E-state index is 11.9. The van der Waals surface area contributed by atoms with Crippen LogP contribution in [0.25, 0.3) is 0 Å². The monoisotopic (exact) mass is 604 g/mol. The molecule has 0 amide bonds. The van der Waals surface area contributed by atoms with Gasteiger partial charge in [0.2, 0.25) is 0 Å². The Morgan fingerprint density at radius 3 is 1.81 bits per heavy atom. The minimum Gasteiger partial charge on any atom is -0.463 e. The van der Waals surface area contributed by atoms with E-state index in [0.29, 0.717) is 31.5 Å². The average Bonchev–Trinajstić information content (AvgIpc) is 3.74. The highest BCUT2D eigenvalue weighted by Crippen LogP contribution is 2.29. The molecule has 1 aliphatic rings. The van der Waals surface area contributed by atoms with Gasteiger partial charge in [-0.3, -0.25) is 9.59 Å². The molecule has 6 heteroatoms. The lowest BCUT2D eigenvalue weighted by atomic mass is 10.0. The molecule has 3 atom stereocenters. The summed E-state index contributed by atoms with van der Waals surface area (Å²) < 4.78 is 16.0. The molecule has 1 fully saturated rings. The molecule has 0 aromatic heterocycles. The molecule has 0 saturated carbocycles. The Balaban J connectivity index is 1.90. The zero-order chi connectivity index (χ0) is 31.4. The summed E-state index contributed by atoms with van der Waals surface area (Å²) in [7, 11) is 0. The van der Waals surface area contributed by atoms with Crippen molar-refractivity contribution in [3.8, 4) is 0 Å². The molecule has 0 spiro atoms. The molecule has 0 aromatic rings. The second-order valence-electron chi connectivity index (χ2n) is 12.5. The number of ether oxygens (including phenoxy) is 3. The Labute approximate surface area is 263 Å². The number of carbonyl (C=O) groups excluding carboxylic acids is 2. The molecule has 0 aliphatic carbocycles. The van der Waals surface area contributed by atoms with Gasteiger partial charge in [-0.1, -0.05) is 121 Å². The van der Waals surface area contributed by atoms with Crippen molar-refractivity contribution in [2.75, 3.05) is 13.2 Å². The summed E-state index contributed by atoms with van der Waals surface area (Å²) in [6, 6.07) is 0. The topological polar surface area (TPSA) is 85.4 Å². The standard InChI is InChI=1S/C37H64O6/c1-4-5-6-7-8-9-13-16-21-26-34-35(43-34)27-22-18-19-24-29-37(40)42-31-33(38)30-41-36(39)28-23-17-14-11-10-12-15-20-25-32(2)3/h8-9,16,18,21-22,32-35,38H,4-7,10-15,17,19-20,23-31H2,1-3H3/b9-8-,21-16-,22-18-/t33-,34?,35?/m0/s1. The first-order valence-electron chi connectivity index (χ1n) is 17.5. The van der Waals surface area contributed by atoms with Crippen LogP contribution in [-0.2, 0) is 23.8 Å². The van der Waals surface area contributed by atoms with E-state index in [1.807, 2.05) is 0 Å². The highest BCUT2D eigenvalue weighted by Gasteiger charge is 2.35. The van der Waals surface area contributed by atoms with Gasteiger partial charge in [0.25, 0.3) is 0 Å². The summed E-state index contributed by atoms with van der Waals surface area (Å²) in [5.74, 6) is 0.162. The number of epoxide rings is 1. The SMILES string of the molecule is CCCCC/C=C\C/C=C\CC1OC1C/C=C\CCCC(=O)OC[C@@H](O)COC(=O)CCCCCCCCCCC(C)C. The third kappa shape index (κ3) is 26.2. The smallest absolute Gasteiger partial charge is 0.305 e. The van der Waals surface area contributed by atoms with Crippen molar-refractivity contribution in [1.82, 2.24) is 0 Å². The Bertz CT molecular complexity index is 771. The van der Waals surface area contributed by atoms with E-state index < -0.39 is 6.10 Å². The second-order valence-corrected chi connectivity index (χ2v) is 12.5. The van der Waals surface area contributed by atoms with E-state index in [9.17, 15) is 14.7 Å². The maximum Gasteiger partial charge on any atom is 0.305 e. The van der Waals surface area contributed by atoms with Crippen LogP contribution < -0.4 is 0 Å². The highest BCUT2D eigenvalue weighted by atomic mass is 16.6. The van der Waals surface area contributed by atoms with Gasteiger partial charge in [0.15, 0.2) is 0 Å². The van der Waals surface area contributed by atoms with Gasteiger partial charge >= 0.3 is 11.9 Å². The largest absolute Gasteiger partial charge is 0.463 e. The van der Waals surface area contributed by atoms with Gasteiger partial charge in [0, 0.05) is 12.8 Å². The number of aliphatic hydroxyl groups is 1. The molecule has 1 aliphatic heterocycles. The lowest BCUT2D eigenvalue weighted by Gasteiger charge is -2.12. The van der Waals surface area contributed by atoms with Crippen molar-refractivity contribution in [3.05, 3.63) is 36.5 Å². The Morgan fingerprint density at radius 1 is 0.674 bits per heavy atom. The fourth-order valence-corrected chi connectivity index (χ4v) is 4.89. The van der Waals surface area contributed by atoms with E-state index >= 15 is 0 Å². The number of hydrogen-bond acceptors (Lipinski definition) is 6. The Kier molecular flexibility index (Phi) is 25.1. The first-order chi connectivity index (χ1) is 20.9.